The van der Waals surface area contributed by atoms with Crippen molar-refractivity contribution in [1.82, 2.24) is 24.3 Å². The highest BCUT2D eigenvalue weighted by Crippen LogP contribution is 2.45. The monoisotopic (exact) mass is 607 g/mol. The van der Waals surface area contributed by atoms with E-state index < -0.39 is 15.6 Å². The van der Waals surface area contributed by atoms with Gasteiger partial charge in [-0.25, -0.2) is 8.42 Å². The minimum absolute atomic E-state index is 0.0989. The fourth-order valence-electron chi connectivity index (χ4n) is 5.88. The van der Waals surface area contributed by atoms with Gasteiger partial charge >= 0.3 is 0 Å². The van der Waals surface area contributed by atoms with E-state index in [1.54, 1.807) is 40.2 Å². The maximum absolute atomic E-state index is 13.2. The van der Waals surface area contributed by atoms with Crippen LogP contribution in [0.1, 0.15) is 69.3 Å². The first kappa shape index (κ1) is 29.2. The van der Waals surface area contributed by atoms with Gasteiger partial charge < -0.3 is 19.7 Å². The maximum Gasteiger partial charge on any atom is 0.269 e. The molecule has 1 spiro atoms. The van der Waals surface area contributed by atoms with Crippen LogP contribution in [0.4, 0.5) is 0 Å². The number of piperazine rings is 1. The van der Waals surface area contributed by atoms with Crippen LogP contribution in [0.25, 0.3) is 0 Å². The second kappa shape index (κ2) is 11.3. The number of hydrogen-bond acceptors (Lipinski definition) is 7. The summed E-state index contributed by atoms with van der Waals surface area (Å²) in [6, 6.07) is 14.7. The standard InChI is InChI=1S/C31H37N5O6S/c1-34-26(17-25(33-34)22-11-12-22)29(37)32-18-24-5-4-6-27(28(24)41-2)42-19-21-7-9-23(10-8-21)30(38)35-15-16-36(43(3,39)40)31(20-35)13-14-31/h4-10,17,22H,11-16,18-20H2,1-3H3,(H,32,37). The van der Waals surface area contributed by atoms with E-state index in [0.29, 0.717) is 48.3 Å². The Bertz CT molecular complexity index is 1640. The molecule has 2 aromatic carbocycles. The highest BCUT2D eigenvalue weighted by molar-refractivity contribution is 7.88. The molecule has 3 fully saturated rings. The Hall–Kier alpha value is -3.90. The molecule has 1 aromatic heterocycles. The molecule has 2 saturated carbocycles. The quantitative estimate of drug-likeness (QED) is 0.376. The van der Waals surface area contributed by atoms with Gasteiger partial charge in [0.1, 0.15) is 12.3 Å². The van der Waals surface area contributed by atoms with Crippen molar-refractivity contribution in [3.8, 4) is 11.5 Å². The first-order chi connectivity index (χ1) is 20.6. The normalized spacial score (nSPS) is 18.0. The molecule has 6 rings (SSSR count). The number of nitrogens with zero attached hydrogens (tertiary/aromatic N) is 4. The average molecular weight is 608 g/mol. The number of ether oxygens (including phenoxy) is 2. The number of para-hydroxylation sites is 1. The van der Waals surface area contributed by atoms with E-state index in [4.69, 9.17) is 9.47 Å². The Labute approximate surface area is 251 Å². The molecule has 2 amide bonds. The van der Waals surface area contributed by atoms with Gasteiger partial charge in [0.2, 0.25) is 10.0 Å². The zero-order chi connectivity index (χ0) is 30.4. The largest absolute Gasteiger partial charge is 0.493 e. The Morgan fingerprint density at radius 2 is 1.84 bits per heavy atom. The van der Waals surface area contributed by atoms with Crippen LogP contribution in [-0.2, 0) is 30.2 Å². The van der Waals surface area contributed by atoms with E-state index in [1.807, 2.05) is 36.4 Å². The number of sulfonamides is 1. The smallest absolute Gasteiger partial charge is 0.269 e. The molecule has 0 atom stereocenters. The Kier molecular flexibility index (Phi) is 7.67. The predicted molar refractivity (Wildman–Crippen MR) is 160 cm³/mol. The summed E-state index contributed by atoms with van der Waals surface area (Å²) in [6.07, 6.45) is 5.04. The van der Waals surface area contributed by atoms with Gasteiger partial charge in [-0.1, -0.05) is 24.3 Å². The number of carbonyl (C=O) groups is 2. The van der Waals surface area contributed by atoms with Crippen molar-refractivity contribution < 1.29 is 27.5 Å². The Morgan fingerprint density at radius 3 is 2.49 bits per heavy atom. The molecule has 3 aliphatic rings. The van der Waals surface area contributed by atoms with Crippen LogP contribution in [0.3, 0.4) is 0 Å². The highest BCUT2D eigenvalue weighted by atomic mass is 32.2. The van der Waals surface area contributed by atoms with Gasteiger partial charge in [-0.05, 0) is 55.5 Å². The summed E-state index contributed by atoms with van der Waals surface area (Å²) in [5.41, 5.74) is 3.27. The number of hydrogen-bond donors (Lipinski definition) is 1. The molecule has 1 aliphatic heterocycles. The van der Waals surface area contributed by atoms with Crippen molar-refractivity contribution in [2.45, 2.75) is 50.3 Å². The minimum Gasteiger partial charge on any atom is -0.493 e. The third kappa shape index (κ3) is 6.12. The second-order valence-electron chi connectivity index (χ2n) is 11.8. The molecular weight excluding hydrogens is 570 g/mol. The molecule has 43 heavy (non-hydrogen) atoms. The molecule has 2 heterocycles. The van der Waals surface area contributed by atoms with Crippen LogP contribution >= 0.6 is 0 Å². The van der Waals surface area contributed by atoms with Crippen LogP contribution in [0, 0.1) is 0 Å². The summed E-state index contributed by atoms with van der Waals surface area (Å²) in [4.78, 5) is 27.8. The summed E-state index contributed by atoms with van der Waals surface area (Å²) in [5, 5.41) is 7.44. The molecule has 0 unspecified atom stereocenters. The first-order valence-electron chi connectivity index (χ1n) is 14.5. The summed E-state index contributed by atoms with van der Waals surface area (Å²) in [6.45, 7) is 1.64. The van der Waals surface area contributed by atoms with Gasteiger partial charge in [0.25, 0.3) is 11.8 Å². The van der Waals surface area contributed by atoms with Gasteiger partial charge in [0, 0.05) is 50.3 Å². The molecule has 2 aliphatic carbocycles. The van der Waals surface area contributed by atoms with Crippen LogP contribution in [-0.4, -0.2) is 77.8 Å². The number of carbonyl (C=O) groups excluding carboxylic acids is 2. The number of rotatable bonds is 10. The van der Waals surface area contributed by atoms with Gasteiger partial charge in [-0.15, -0.1) is 0 Å². The van der Waals surface area contributed by atoms with E-state index in [2.05, 4.69) is 10.4 Å². The first-order valence-corrected chi connectivity index (χ1v) is 16.4. The molecule has 12 heteroatoms. The third-order valence-electron chi connectivity index (χ3n) is 8.53. The Morgan fingerprint density at radius 1 is 1.09 bits per heavy atom. The summed E-state index contributed by atoms with van der Waals surface area (Å²) in [7, 11) is 0.0521. The SMILES string of the molecule is COc1c(CNC(=O)c2cc(C3CC3)nn2C)cccc1OCc1ccc(C(=O)N2CCN(S(C)(=O)=O)C3(CC3)C2)cc1. The van der Waals surface area contributed by atoms with Gasteiger partial charge in [-0.3, -0.25) is 14.3 Å². The zero-order valence-corrected chi connectivity index (χ0v) is 25.5. The molecular formula is C31H37N5O6S. The molecule has 0 radical (unpaired) electrons. The number of methoxy groups -OCH3 is 1. The molecule has 0 bridgehead atoms. The highest BCUT2D eigenvalue weighted by Gasteiger charge is 2.55. The van der Waals surface area contributed by atoms with Crippen molar-refractivity contribution >= 4 is 21.8 Å². The lowest BCUT2D eigenvalue weighted by Gasteiger charge is -2.40. The molecule has 3 aromatic rings. The van der Waals surface area contributed by atoms with Crippen molar-refractivity contribution in [2.24, 2.45) is 7.05 Å². The lowest BCUT2D eigenvalue weighted by atomic mass is 10.1. The Balaban J connectivity index is 1.06. The van der Waals surface area contributed by atoms with Crippen LogP contribution in [0.5, 0.6) is 11.5 Å². The van der Waals surface area contributed by atoms with E-state index in [-0.39, 0.29) is 25.0 Å². The number of amides is 2. The molecule has 11 nitrogen and oxygen atoms in total. The summed E-state index contributed by atoms with van der Waals surface area (Å²) >= 11 is 0. The number of nitrogens with one attached hydrogen (secondary N) is 1. The maximum atomic E-state index is 13.2. The molecule has 228 valence electrons. The van der Waals surface area contributed by atoms with Crippen molar-refractivity contribution in [3.05, 3.63) is 76.6 Å². The lowest BCUT2D eigenvalue weighted by Crippen LogP contribution is -2.57. The average Bonchev–Trinajstić information content (AvgIpc) is 3.93. The van der Waals surface area contributed by atoms with E-state index in [0.717, 1.165) is 42.5 Å². The van der Waals surface area contributed by atoms with E-state index >= 15 is 0 Å². The van der Waals surface area contributed by atoms with Gasteiger partial charge in [-0.2, -0.15) is 9.40 Å². The second-order valence-corrected chi connectivity index (χ2v) is 13.7. The van der Waals surface area contributed by atoms with Crippen LogP contribution in [0.2, 0.25) is 0 Å². The van der Waals surface area contributed by atoms with Crippen molar-refractivity contribution in [3.63, 3.8) is 0 Å². The minimum atomic E-state index is -3.30. The topological polar surface area (TPSA) is 123 Å². The van der Waals surface area contributed by atoms with Gasteiger partial charge in [0.15, 0.2) is 11.5 Å². The van der Waals surface area contributed by atoms with Gasteiger partial charge in [0.05, 0.1) is 24.6 Å². The molecule has 1 N–H and O–H groups in total. The van der Waals surface area contributed by atoms with E-state index in [1.165, 1.54) is 6.26 Å². The fraction of sp³-hybridized carbons (Fsp3) is 0.452. The lowest BCUT2D eigenvalue weighted by molar-refractivity contribution is 0.0601. The summed E-state index contributed by atoms with van der Waals surface area (Å²) in [5.74, 6) is 1.26. The van der Waals surface area contributed by atoms with Crippen molar-refractivity contribution in [1.29, 1.82) is 0 Å². The van der Waals surface area contributed by atoms with Crippen molar-refractivity contribution in [2.75, 3.05) is 33.0 Å². The predicted octanol–water partition coefficient (Wildman–Crippen LogP) is 3.07. The summed E-state index contributed by atoms with van der Waals surface area (Å²) < 4.78 is 39.3. The van der Waals surface area contributed by atoms with Crippen LogP contribution < -0.4 is 14.8 Å². The zero-order valence-electron chi connectivity index (χ0n) is 24.7. The number of aryl methyl sites for hydroxylation is 1. The number of aromatic nitrogens is 2. The number of benzene rings is 2. The third-order valence-corrected chi connectivity index (χ3v) is 9.90. The van der Waals surface area contributed by atoms with Crippen LogP contribution in [0.15, 0.2) is 48.5 Å². The molecule has 1 saturated heterocycles. The van der Waals surface area contributed by atoms with E-state index in [9.17, 15) is 18.0 Å². The fourth-order valence-corrected chi connectivity index (χ4v) is 7.24.